The number of fused-ring (bicyclic) bond motifs is 1. The van der Waals surface area contributed by atoms with E-state index in [1.165, 1.54) is 5.56 Å². The van der Waals surface area contributed by atoms with Gasteiger partial charge in [0.05, 0.1) is 10.9 Å². The minimum atomic E-state index is -0.880. The molecule has 1 aromatic carbocycles. The first-order chi connectivity index (χ1) is 8.76. The molecule has 2 rings (SSSR count). The fraction of sp³-hybridized carbons (Fsp3) is 0.438. The number of rotatable bonds is 3. The van der Waals surface area contributed by atoms with Crippen LogP contribution in [-0.4, -0.2) is 15.6 Å². The van der Waals surface area contributed by atoms with Crippen LogP contribution in [0.1, 0.15) is 44.7 Å². The summed E-state index contributed by atoms with van der Waals surface area (Å²) in [6.45, 7) is 7.83. The van der Waals surface area contributed by atoms with Gasteiger partial charge in [-0.3, -0.25) is 4.79 Å². The topological polar surface area (TPSA) is 42.2 Å². The molecule has 0 spiro atoms. The molecule has 19 heavy (non-hydrogen) atoms. The maximum absolute atomic E-state index is 11.5. The number of aliphatic carboxylic acids is 1. The van der Waals surface area contributed by atoms with Gasteiger partial charge in [-0.1, -0.05) is 32.0 Å². The zero-order valence-corrected chi connectivity index (χ0v) is 12.2. The first-order valence-electron chi connectivity index (χ1n) is 6.58. The molecule has 1 aromatic heterocycles. The molecule has 2 aromatic rings. The summed E-state index contributed by atoms with van der Waals surface area (Å²) in [7, 11) is 1.98. The first kappa shape index (κ1) is 13.7. The van der Waals surface area contributed by atoms with E-state index >= 15 is 0 Å². The van der Waals surface area contributed by atoms with Crippen LogP contribution >= 0.6 is 0 Å². The van der Waals surface area contributed by atoms with Crippen molar-refractivity contribution in [1.82, 2.24) is 4.57 Å². The quantitative estimate of drug-likeness (QED) is 0.914. The highest BCUT2D eigenvalue weighted by atomic mass is 16.4. The SMILES string of the molecule is CC(C)c1cccc2c(C(C)(C)C(=O)O)cn(C)c12. The molecular weight excluding hydrogens is 238 g/mol. The van der Waals surface area contributed by atoms with E-state index in [4.69, 9.17) is 0 Å². The molecule has 0 aliphatic rings. The molecule has 0 unspecified atom stereocenters. The van der Waals surface area contributed by atoms with E-state index in [0.717, 1.165) is 16.5 Å². The normalized spacial score (nSPS) is 12.3. The Morgan fingerprint density at radius 2 is 1.95 bits per heavy atom. The lowest BCUT2D eigenvalue weighted by atomic mass is 9.84. The van der Waals surface area contributed by atoms with Gasteiger partial charge in [0.25, 0.3) is 0 Å². The van der Waals surface area contributed by atoms with Crippen molar-refractivity contribution in [1.29, 1.82) is 0 Å². The highest BCUT2D eigenvalue weighted by Gasteiger charge is 2.32. The molecule has 0 atom stereocenters. The highest BCUT2D eigenvalue weighted by molar-refractivity contribution is 5.93. The van der Waals surface area contributed by atoms with Gasteiger partial charge in [0, 0.05) is 18.6 Å². The molecule has 0 saturated carbocycles. The van der Waals surface area contributed by atoms with Gasteiger partial charge in [0.15, 0.2) is 0 Å². The fourth-order valence-electron chi connectivity index (χ4n) is 2.58. The van der Waals surface area contributed by atoms with Crippen LogP contribution in [0.15, 0.2) is 24.4 Å². The molecule has 0 bridgehead atoms. The molecule has 0 aliphatic carbocycles. The van der Waals surface area contributed by atoms with E-state index < -0.39 is 11.4 Å². The van der Waals surface area contributed by atoms with E-state index in [1.54, 1.807) is 13.8 Å². The Balaban J connectivity index is 2.81. The van der Waals surface area contributed by atoms with Crippen LogP contribution < -0.4 is 0 Å². The molecule has 0 radical (unpaired) electrons. The molecular formula is C16H21NO2. The van der Waals surface area contributed by atoms with Gasteiger partial charge >= 0.3 is 5.97 Å². The van der Waals surface area contributed by atoms with Crippen LogP contribution in [0.5, 0.6) is 0 Å². The van der Waals surface area contributed by atoms with E-state index in [2.05, 4.69) is 19.9 Å². The number of carboxylic acids is 1. The van der Waals surface area contributed by atoms with Crippen molar-refractivity contribution < 1.29 is 9.90 Å². The Hall–Kier alpha value is -1.77. The van der Waals surface area contributed by atoms with Crippen LogP contribution in [0.4, 0.5) is 0 Å². The van der Waals surface area contributed by atoms with Crippen molar-refractivity contribution in [3.63, 3.8) is 0 Å². The maximum Gasteiger partial charge on any atom is 0.313 e. The van der Waals surface area contributed by atoms with Gasteiger partial charge in [-0.15, -0.1) is 0 Å². The van der Waals surface area contributed by atoms with Gasteiger partial charge in [-0.2, -0.15) is 0 Å². The predicted molar refractivity (Wildman–Crippen MR) is 77.7 cm³/mol. The molecule has 0 saturated heterocycles. The van der Waals surface area contributed by atoms with Gasteiger partial charge in [-0.25, -0.2) is 0 Å². The predicted octanol–water partition coefficient (Wildman–Crippen LogP) is 3.66. The number of carboxylic acid groups (broad SMARTS) is 1. The van der Waals surface area contributed by atoms with Crippen molar-refractivity contribution in [2.75, 3.05) is 0 Å². The minimum absolute atomic E-state index is 0.415. The monoisotopic (exact) mass is 259 g/mol. The summed E-state index contributed by atoms with van der Waals surface area (Å²) >= 11 is 0. The zero-order valence-electron chi connectivity index (χ0n) is 12.2. The number of para-hydroxylation sites is 1. The Labute approximate surface area is 113 Å². The average Bonchev–Trinajstić information content (AvgIpc) is 2.67. The molecule has 0 aliphatic heterocycles. The lowest BCUT2D eigenvalue weighted by molar-refractivity contribution is -0.142. The number of hydrogen-bond donors (Lipinski definition) is 1. The van der Waals surface area contributed by atoms with Crippen molar-refractivity contribution in [3.05, 3.63) is 35.5 Å². The second-order valence-corrected chi connectivity index (χ2v) is 5.98. The second kappa shape index (κ2) is 4.41. The summed E-state index contributed by atoms with van der Waals surface area (Å²) < 4.78 is 2.05. The molecule has 1 N–H and O–H groups in total. The van der Waals surface area contributed by atoms with Crippen molar-refractivity contribution in [2.24, 2.45) is 7.05 Å². The summed E-state index contributed by atoms with van der Waals surface area (Å²) in [4.78, 5) is 11.5. The Morgan fingerprint density at radius 1 is 1.32 bits per heavy atom. The molecule has 102 valence electrons. The maximum atomic E-state index is 11.5. The number of nitrogens with zero attached hydrogens (tertiary/aromatic N) is 1. The standard InChI is InChI=1S/C16H21NO2/c1-10(2)11-7-6-8-12-13(9-17(5)14(11)12)16(3,4)15(18)19/h6-10H,1-5H3,(H,18,19). The summed E-state index contributed by atoms with van der Waals surface area (Å²) in [6.07, 6.45) is 1.95. The first-order valence-corrected chi connectivity index (χ1v) is 6.58. The second-order valence-electron chi connectivity index (χ2n) is 5.98. The third-order valence-corrected chi connectivity index (χ3v) is 3.86. The minimum Gasteiger partial charge on any atom is -0.481 e. The number of aryl methyl sites for hydroxylation is 1. The summed E-state index contributed by atoms with van der Waals surface area (Å²) in [5.41, 5.74) is 2.39. The van der Waals surface area contributed by atoms with Crippen LogP contribution in [0.25, 0.3) is 10.9 Å². The van der Waals surface area contributed by atoms with E-state index in [-0.39, 0.29) is 0 Å². The van der Waals surface area contributed by atoms with E-state index in [1.807, 2.05) is 29.9 Å². The zero-order chi connectivity index (χ0) is 14.4. The van der Waals surface area contributed by atoms with E-state index in [0.29, 0.717) is 5.92 Å². The molecule has 0 fully saturated rings. The van der Waals surface area contributed by atoms with Crippen LogP contribution in [0, 0.1) is 0 Å². The van der Waals surface area contributed by atoms with Gasteiger partial charge in [0.2, 0.25) is 0 Å². The molecule has 3 heteroatoms. The number of carbonyl (C=O) groups is 1. The van der Waals surface area contributed by atoms with Crippen molar-refractivity contribution >= 4 is 16.9 Å². The van der Waals surface area contributed by atoms with Crippen molar-refractivity contribution in [2.45, 2.75) is 39.0 Å². The highest BCUT2D eigenvalue weighted by Crippen LogP contribution is 2.35. The van der Waals surface area contributed by atoms with Gasteiger partial charge < -0.3 is 9.67 Å². The van der Waals surface area contributed by atoms with Gasteiger partial charge in [0.1, 0.15) is 0 Å². The molecule has 3 nitrogen and oxygen atoms in total. The Bertz CT molecular complexity index is 635. The number of benzene rings is 1. The summed E-state index contributed by atoms with van der Waals surface area (Å²) in [6, 6.07) is 6.14. The molecule has 0 amide bonds. The Morgan fingerprint density at radius 3 is 2.47 bits per heavy atom. The summed E-state index contributed by atoms with van der Waals surface area (Å²) in [5, 5.41) is 10.5. The Kier molecular flexibility index (Phi) is 3.17. The average molecular weight is 259 g/mol. The fourth-order valence-corrected chi connectivity index (χ4v) is 2.58. The van der Waals surface area contributed by atoms with Crippen LogP contribution in [-0.2, 0) is 17.3 Å². The van der Waals surface area contributed by atoms with Crippen LogP contribution in [0.2, 0.25) is 0 Å². The lowest BCUT2D eigenvalue weighted by Gasteiger charge is -2.18. The van der Waals surface area contributed by atoms with Crippen molar-refractivity contribution in [3.8, 4) is 0 Å². The molecule has 1 heterocycles. The van der Waals surface area contributed by atoms with Gasteiger partial charge in [-0.05, 0) is 30.9 Å². The lowest BCUT2D eigenvalue weighted by Crippen LogP contribution is -2.28. The third-order valence-electron chi connectivity index (χ3n) is 3.86. The smallest absolute Gasteiger partial charge is 0.313 e. The van der Waals surface area contributed by atoms with E-state index in [9.17, 15) is 9.90 Å². The number of hydrogen-bond acceptors (Lipinski definition) is 1. The summed E-state index contributed by atoms with van der Waals surface area (Å²) in [5.74, 6) is -0.381. The largest absolute Gasteiger partial charge is 0.481 e. The third kappa shape index (κ3) is 2.03. The number of aromatic nitrogens is 1. The van der Waals surface area contributed by atoms with Crippen LogP contribution in [0.3, 0.4) is 0 Å².